The fourth-order valence-corrected chi connectivity index (χ4v) is 4.09. The maximum absolute atomic E-state index is 13.3. The molecule has 0 spiro atoms. The van der Waals surface area contributed by atoms with E-state index in [-0.39, 0.29) is 22.8 Å². The summed E-state index contributed by atoms with van der Waals surface area (Å²) in [6, 6.07) is 18.9. The van der Waals surface area contributed by atoms with Gasteiger partial charge in [0.2, 0.25) is 0 Å². The van der Waals surface area contributed by atoms with Crippen molar-refractivity contribution in [3.8, 4) is 17.2 Å². The van der Waals surface area contributed by atoms with Crippen molar-refractivity contribution in [1.29, 1.82) is 0 Å². The van der Waals surface area contributed by atoms with Crippen molar-refractivity contribution in [2.75, 3.05) is 18.6 Å². The number of anilines is 1. The summed E-state index contributed by atoms with van der Waals surface area (Å²) >= 11 is 0. The smallest absolute Gasteiger partial charge is 0.300 e. The van der Waals surface area contributed by atoms with E-state index in [0.29, 0.717) is 35.2 Å². The van der Waals surface area contributed by atoms with Gasteiger partial charge in [-0.3, -0.25) is 14.5 Å². The van der Waals surface area contributed by atoms with Crippen LogP contribution in [0.4, 0.5) is 5.69 Å². The molecule has 1 unspecified atom stereocenters. The van der Waals surface area contributed by atoms with Crippen molar-refractivity contribution in [2.24, 2.45) is 5.92 Å². The molecular formula is C28H27NO6. The molecule has 1 heterocycles. The third-order valence-corrected chi connectivity index (χ3v) is 5.71. The Morgan fingerprint density at radius 3 is 2.43 bits per heavy atom. The van der Waals surface area contributed by atoms with Crippen LogP contribution in [0.5, 0.6) is 17.2 Å². The Kier molecular flexibility index (Phi) is 6.78. The van der Waals surface area contributed by atoms with Crippen molar-refractivity contribution < 1.29 is 29.3 Å². The third kappa shape index (κ3) is 4.57. The molecule has 0 bridgehead atoms. The number of aromatic hydroxyl groups is 1. The Morgan fingerprint density at radius 2 is 1.71 bits per heavy atom. The first-order valence-corrected chi connectivity index (χ1v) is 11.3. The zero-order chi connectivity index (χ0) is 25.1. The van der Waals surface area contributed by atoms with Gasteiger partial charge in [-0.15, -0.1) is 0 Å². The van der Waals surface area contributed by atoms with Crippen LogP contribution in [0.3, 0.4) is 0 Å². The second-order valence-corrected chi connectivity index (χ2v) is 8.63. The number of Topliss-reactive ketones (excluding diaryl/α,β-unsaturated/α-hetero) is 1. The minimum atomic E-state index is -1.03. The van der Waals surface area contributed by atoms with E-state index in [4.69, 9.17) is 9.47 Å². The van der Waals surface area contributed by atoms with Crippen molar-refractivity contribution in [3.63, 3.8) is 0 Å². The summed E-state index contributed by atoms with van der Waals surface area (Å²) in [5.74, 6) is -0.968. The second-order valence-electron chi connectivity index (χ2n) is 8.63. The number of hydrogen-bond donors (Lipinski definition) is 2. The maximum atomic E-state index is 13.3. The van der Waals surface area contributed by atoms with Gasteiger partial charge >= 0.3 is 0 Å². The maximum Gasteiger partial charge on any atom is 0.300 e. The van der Waals surface area contributed by atoms with Gasteiger partial charge < -0.3 is 19.7 Å². The van der Waals surface area contributed by atoms with Crippen LogP contribution in [0.2, 0.25) is 0 Å². The zero-order valence-corrected chi connectivity index (χ0v) is 19.8. The number of aliphatic hydroxyl groups is 1. The van der Waals surface area contributed by atoms with E-state index in [9.17, 15) is 19.8 Å². The molecule has 1 aliphatic rings. The first kappa shape index (κ1) is 23.9. The van der Waals surface area contributed by atoms with E-state index in [1.54, 1.807) is 66.7 Å². The molecule has 1 amide bonds. The van der Waals surface area contributed by atoms with Gasteiger partial charge in [0.1, 0.15) is 23.0 Å². The molecule has 0 saturated carbocycles. The van der Waals surface area contributed by atoms with Crippen LogP contribution in [0.1, 0.15) is 31.0 Å². The molecule has 1 saturated heterocycles. The molecule has 1 fully saturated rings. The number of methoxy groups -OCH3 is 1. The first-order valence-electron chi connectivity index (χ1n) is 11.3. The van der Waals surface area contributed by atoms with E-state index in [1.165, 1.54) is 18.1 Å². The van der Waals surface area contributed by atoms with Crippen LogP contribution in [0, 0.1) is 5.92 Å². The molecule has 35 heavy (non-hydrogen) atoms. The fourth-order valence-electron chi connectivity index (χ4n) is 4.09. The van der Waals surface area contributed by atoms with Crippen LogP contribution < -0.4 is 14.4 Å². The summed E-state index contributed by atoms with van der Waals surface area (Å²) in [4.78, 5) is 27.8. The van der Waals surface area contributed by atoms with Crippen molar-refractivity contribution >= 4 is 23.1 Å². The normalized spacial score (nSPS) is 17.1. The monoisotopic (exact) mass is 473 g/mol. The van der Waals surface area contributed by atoms with Gasteiger partial charge in [0.15, 0.2) is 0 Å². The van der Waals surface area contributed by atoms with E-state index in [0.717, 1.165) is 0 Å². The molecule has 0 aliphatic carbocycles. The minimum Gasteiger partial charge on any atom is -0.507 e. The summed E-state index contributed by atoms with van der Waals surface area (Å²) < 4.78 is 11.3. The van der Waals surface area contributed by atoms with Gasteiger partial charge in [-0.25, -0.2) is 0 Å². The van der Waals surface area contributed by atoms with Crippen LogP contribution in [-0.2, 0) is 9.59 Å². The lowest BCUT2D eigenvalue weighted by Crippen LogP contribution is -2.29. The molecule has 1 atom stereocenters. The standard InChI is InChI=1S/C28H27NO6/c1-17(2)16-35-19-10-8-9-18(15-19)26(31)24-25(20-11-4-7-14-23(20)34-3)29(28(33)27(24)32)21-12-5-6-13-22(21)30/h4-15,17,25,30-31H,16H2,1-3H3/b26-24+. The molecule has 3 aromatic rings. The summed E-state index contributed by atoms with van der Waals surface area (Å²) in [7, 11) is 1.49. The summed E-state index contributed by atoms with van der Waals surface area (Å²) in [6.45, 7) is 4.54. The summed E-state index contributed by atoms with van der Waals surface area (Å²) in [6.07, 6.45) is 0. The summed E-state index contributed by atoms with van der Waals surface area (Å²) in [5.41, 5.74) is 0.870. The van der Waals surface area contributed by atoms with E-state index in [2.05, 4.69) is 0 Å². The van der Waals surface area contributed by atoms with Gasteiger partial charge in [-0.1, -0.05) is 56.3 Å². The number of ketones is 1. The Hall–Kier alpha value is -4.26. The number of ether oxygens (including phenoxy) is 2. The topological polar surface area (TPSA) is 96.3 Å². The highest BCUT2D eigenvalue weighted by atomic mass is 16.5. The Labute approximate surface area is 203 Å². The molecule has 180 valence electrons. The number of para-hydroxylation sites is 3. The van der Waals surface area contributed by atoms with Crippen LogP contribution in [0.15, 0.2) is 78.4 Å². The molecule has 7 nitrogen and oxygen atoms in total. The molecule has 3 aromatic carbocycles. The minimum absolute atomic E-state index is 0.108. The lowest BCUT2D eigenvalue weighted by molar-refractivity contribution is -0.132. The lowest BCUT2D eigenvalue weighted by atomic mass is 9.94. The van der Waals surface area contributed by atoms with Crippen LogP contribution >= 0.6 is 0 Å². The molecular weight excluding hydrogens is 446 g/mol. The number of carbonyl (C=O) groups is 2. The van der Waals surface area contributed by atoms with Gasteiger partial charge in [0.05, 0.1) is 31.0 Å². The van der Waals surface area contributed by atoms with Crippen molar-refractivity contribution in [1.82, 2.24) is 0 Å². The molecule has 4 rings (SSSR count). The zero-order valence-electron chi connectivity index (χ0n) is 19.8. The second kappa shape index (κ2) is 9.93. The number of hydrogen-bond acceptors (Lipinski definition) is 6. The van der Waals surface area contributed by atoms with Crippen LogP contribution in [0.25, 0.3) is 5.76 Å². The molecule has 7 heteroatoms. The highest BCUT2D eigenvalue weighted by Crippen LogP contribution is 2.46. The van der Waals surface area contributed by atoms with Crippen molar-refractivity contribution in [2.45, 2.75) is 19.9 Å². The predicted octanol–water partition coefficient (Wildman–Crippen LogP) is 5.06. The van der Waals surface area contributed by atoms with Crippen LogP contribution in [-0.4, -0.2) is 35.6 Å². The largest absolute Gasteiger partial charge is 0.507 e. The third-order valence-electron chi connectivity index (χ3n) is 5.71. The highest BCUT2D eigenvalue weighted by Gasteiger charge is 2.48. The Morgan fingerprint density at radius 1 is 1.00 bits per heavy atom. The Bertz CT molecular complexity index is 1300. The van der Waals surface area contributed by atoms with Gasteiger partial charge in [0.25, 0.3) is 11.7 Å². The Balaban J connectivity index is 1.92. The quantitative estimate of drug-likeness (QED) is 0.283. The number of rotatable bonds is 7. The van der Waals surface area contributed by atoms with E-state index in [1.807, 2.05) is 13.8 Å². The first-order chi connectivity index (χ1) is 16.8. The summed E-state index contributed by atoms with van der Waals surface area (Å²) in [5, 5.41) is 21.9. The lowest BCUT2D eigenvalue weighted by Gasteiger charge is -2.27. The number of nitrogens with zero attached hydrogens (tertiary/aromatic N) is 1. The number of phenolic OH excluding ortho intramolecular Hbond substituents is 1. The highest BCUT2D eigenvalue weighted by molar-refractivity contribution is 6.52. The van der Waals surface area contributed by atoms with Gasteiger partial charge in [-0.2, -0.15) is 0 Å². The molecule has 2 N–H and O–H groups in total. The SMILES string of the molecule is COc1ccccc1C1/C(=C(\O)c2cccc(OCC(C)C)c2)C(=O)C(=O)N1c1ccccc1O. The predicted molar refractivity (Wildman–Crippen MR) is 133 cm³/mol. The molecule has 1 aliphatic heterocycles. The van der Waals surface area contributed by atoms with Crippen molar-refractivity contribution in [3.05, 3.63) is 89.5 Å². The number of phenols is 1. The number of carbonyl (C=O) groups excluding carboxylic acids is 2. The van der Waals surface area contributed by atoms with Gasteiger partial charge in [-0.05, 0) is 36.2 Å². The van der Waals surface area contributed by atoms with Gasteiger partial charge in [0, 0.05) is 11.1 Å². The average molecular weight is 474 g/mol. The van der Waals surface area contributed by atoms with E-state index >= 15 is 0 Å². The number of aliphatic hydroxyl groups excluding tert-OH is 1. The molecule has 0 radical (unpaired) electrons. The average Bonchev–Trinajstić information content (AvgIpc) is 3.12. The molecule has 0 aromatic heterocycles. The fraction of sp³-hybridized carbons (Fsp3) is 0.214. The number of amides is 1. The number of benzene rings is 3. The van der Waals surface area contributed by atoms with E-state index < -0.39 is 17.7 Å².